The maximum Gasteiger partial charge on any atom is 0.0571 e. The summed E-state index contributed by atoms with van der Waals surface area (Å²) in [6.45, 7) is 3.10. The molecule has 2 nitrogen and oxygen atoms in total. The van der Waals surface area contributed by atoms with Gasteiger partial charge in [-0.05, 0) is 37.6 Å². The molecule has 2 N–H and O–H groups in total. The largest absolute Gasteiger partial charge is 0.381 e. The Morgan fingerprint density at radius 1 is 1.45 bits per heavy atom. The Kier molecular flexibility index (Phi) is 2.90. The van der Waals surface area contributed by atoms with Crippen molar-refractivity contribution in [1.29, 1.82) is 0 Å². The van der Waals surface area contributed by atoms with E-state index in [9.17, 15) is 0 Å². The molecule has 1 fully saturated rings. The highest BCUT2D eigenvalue weighted by atomic mass is 16.5. The average molecular weight is 157 g/mol. The second-order valence-corrected chi connectivity index (χ2v) is 3.95. The fraction of sp³-hybridized carbons (Fsp3) is 1.00. The van der Waals surface area contributed by atoms with Gasteiger partial charge in [-0.2, -0.15) is 0 Å². The molecular formula is C9H19NO. The van der Waals surface area contributed by atoms with Crippen LogP contribution in [-0.2, 0) is 4.74 Å². The first-order valence-corrected chi connectivity index (χ1v) is 4.43. The molecule has 2 heteroatoms. The lowest BCUT2D eigenvalue weighted by Gasteiger charge is -2.35. The Morgan fingerprint density at radius 3 is 2.36 bits per heavy atom. The van der Waals surface area contributed by atoms with E-state index in [1.54, 1.807) is 7.11 Å². The van der Waals surface area contributed by atoms with Crippen molar-refractivity contribution in [2.24, 2.45) is 11.1 Å². The van der Waals surface area contributed by atoms with Crippen molar-refractivity contribution in [3.05, 3.63) is 0 Å². The van der Waals surface area contributed by atoms with E-state index in [1.165, 1.54) is 25.7 Å². The first-order valence-electron chi connectivity index (χ1n) is 4.43. The summed E-state index contributed by atoms with van der Waals surface area (Å²) in [6, 6.07) is 0. The van der Waals surface area contributed by atoms with E-state index in [0.717, 1.165) is 6.54 Å². The highest BCUT2D eigenvalue weighted by Gasteiger charge is 2.29. The molecule has 11 heavy (non-hydrogen) atoms. The zero-order chi connectivity index (χ0) is 8.32. The van der Waals surface area contributed by atoms with E-state index in [1.807, 2.05) is 0 Å². The van der Waals surface area contributed by atoms with Crippen LogP contribution in [0.15, 0.2) is 0 Å². The van der Waals surface area contributed by atoms with Crippen LogP contribution in [0.2, 0.25) is 0 Å². The van der Waals surface area contributed by atoms with Gasteiger partial charge in [0.05, 0.1) is 6.10 Å². The third-order valence-electron chi connectivity index (χ3n) is 2.97. The molecule has 0 unspecified atom stereocenters. The molecule has 0 aromatic carbocycles. The average Bonchev–Trinajstić information content (AvgIpc) is 2.06. The Balaban J connectivity index is 2.35. The summed E-state index contributed by atoms with van der Waals surface area (Å²) in [6.07, 6.45) is 5.31. The number of methoxy groups -OCH3 is 1. The Hall–Kier alpha value is -0.0800. The third-order valence-corrected chi connectivity index (χ3v) is 2.97. The zero-order valence-electron chi connectivity index (χ0n) is 7.60. The van der Waals surface area contributed by atoms with Crippen molar-refractivity contribution in [3.8, 4) is 0 Å². The van der Waals surface area contributed by atoms with Crippen LogP contribution in [0.5, 0.6) is 0 Å². The fourth-order valence-corrected chi connectivity index (χ4v) is 1.73. The maximum atomic E-state index is 5.68. The predicted molar refractivity (Wildman–Crippen MR) is 46.4 cm³/mol. The van der Waals surface area contributed by atoms with Crippen molar-refractivity contribution in [3.63, 3.8) is 0 Å². The minimum atomic E-state index is 0.398. The summed E-state index contributed by atoms with van der Waals surface area (Å²) in [5, 5.41) is 0. The third kappa shape index (κ3) is 2.17. The summed E-state index contributed by atoms with van der Waals surface area (Å²) in [4.78, 5) is 0. The minimum absolute atomic E-state index is 0.398. The maximum absolute atomic E-state index is 5.68. The van der Waals surface area contributed by atoms with Gasteiger partial charge in [0, 0.05) is 7.11 Å². The molecule has 1 aliphatic carbocycles. The van der Waals surface area contributed by atoms with E-state index >= 15 is 0 Å². The van der Waals surface area contributed by atoms with Crippen LogP contribution in [-0.4, -0.2) is 19.8 Å². The van der Waals surface area contributed by atoms with E-state index < -0.39 is 0 Å². The number of hydrogen-bond donors (Lipinski definition) is 1. The van der Waals surface area contributed by atoms with Crippen LogP contribution < -0.4 is 5.73 Å². The van der Waals surface area contributed by atoms with Crippen molar-refractivity contribution in [1.82, 2.24) is 0 Å². The molecule has 0 heterocycles. The Labute approximate surface area is 69.1 Å². The molecular weight excluding hydrogens is 138 g/mol. The monoisotopic (exact) mass is 157 g/mol. The van der Waals surface area contributed by atoms with Crippen LogP contribution >= 0.6 is 0 Å². The van der Waals surface area contributed by atoms with Crippen molar-refractivity contribution in [2.45, 2.75) is 38.7 Å². The smallest absolute Gasteiger partial charge is 0.0571 e. The van der Waals surface area contributed by atoms with E-state index in [-0.39, 0.29) is 0 Å². The lowest BCUT2D eigenvalue weighted by Crippen LogP contribution is -2.34. The first kappa shape index (κ1) is 9.01. The number of hydrogen-bond acceptors (Lipinski definition) is 2. The van der Waals surface area contributed by atoms with Crippen LogP contribution in [0.3, 0.4) is 0 Å². The highest BCUT2D eigenvalue weighted by molar-refractivity contribution is 4.82. The van der Waals surface area contributed by atoms with Crippen molar-refractivity contribution < 1.29 is 4.74 Å². The summed E-state index contributed by atoms with van der Waals surface area (Å²) in [5.41, 5.74) is 6.08. The van der Waals surface area contributed by atoms with Gasteiger partial charge in [0.25, 0.3) is 0 Å². The topological polar surface area (TPSA) is 35.2 Å². The molecule has 0 bridgehead atoms. The normalized spacial score (nSPS) is 39.0. The van der Waals surface area contributed by atoms with Crippen LogP contribution in [0.4, 0.5) is 0 Å². The first-order chi connectivity index (χ1) is 5.20. The molecule has 0 aromatic heterocycles. The van der Waals surface area contributed by atoms with Crippen LogP contribution in [0.25, 0.3) is 0 Å². The predicted octanol–water partition coefficient (Wildman–Crippen LogP) is 1.54. The molecule has 0 aliphatic heterocycles. The molecule has 0 saturated heterocycles. The molecule has 0 amide bonds. The van der Waals surface area contributed by atoms with Crippen LogP contribution in [0, 0.1) is 5.41 Å². The number of rotatable bonds is 2. The fourth-order valence-electron chi connectivity index (χ4n) is 1.73. The van der Waals surface area contributed by atoms with Gasteiger partial charge >= 0.3 is 0 Å². The van der Waals surface area contributed by atoms with Crippen molar-refractivity contribution >= 4 is 0 Å². The quantitative estimate of drug-likeness (QED) is 0.660. The summed E-state index contributed by atoms with van der Waals surface area (Å²) in [7, 11) is 1.80. The Morgan fingerprint density at radius 2 is 2.00 bits per heavy atom. The molecule has 0 atom stereocenters. The second-order valence-electron chi connectivity index (χ2n) is 3.95. The van der Waals surface area contributed by atoms with Gasteiger partial charge in [-0.3, -0.25) is 0 Å². The SMILES string of the molecule is COC1CCC(C)(CN)CC1. The van der Waals surface area contributed by atoms with Gasteiger partial charge in [0.15, 0.2) is 0 Å². The molecule has 1 saturated carbocycles. The molecule has 0 radical (unpaired) electrons. The van der Waals surface area contributed by atoms with E-state index in [2.05, 4.69) is 6.92 Å². The summed E-state index contributed by atoms with van der Waals surface area (Å²) < 4.78 is 5.29. The summed E-state index contributed by atoms with van der Waals surface area (Å²) in [5.74, 6) is 0. The molecule has 66 valence electrons. The highest BCUT2D eigenvalue weighted by Crippen LogP contribution is 2.35. The number of ether oxygens (including phenoxy) is 1. The van der Waals surface area contributed by atoms with Gasteiger partial charge in [-0.25, -0.2) is 0 Å². The van der Waals surface area contributed by atoms with Crippen molar-refractivity contribution in [2.75, 3.05) is 13.7 Å². The standard InChI is InChI=1S/C9H19NO/c1-9(7-10)5-3-8(11-2)4-6-9/h8H,3-7,10H2,1-2H3. The lowest BCUT2D eigenvalue weighted by atomic mass is 9.75. The van der Waals surface area contributed by atoms with Gasteiger partial charge in [-0.1, -0.05) is 6.92 Å². The van der Waals surface area contributed by atoms with E-state index in [4.69, 9.17) is 10.5 Å². The zero-order valence-corrected chi connectivity index (χ0v) is 7.60. The van der Waals surface area contributed by atoms with Gasteiger partial charge in [-0.15, -0.1) is 0 Å². The Bertz CT molecular complexity index is 117. The van der Waals surface area contributed by atoms with Gasteiger partial charge in [0.2, 0.25) is 0 Å². The molecule has 0 spiro atoms. The minimum Gasteiger partial charge on any atom is -0.381 e. The molecule has 1 aliphatic rings. The second kappa shape index (κ2) is 3.55. The van der Waals surface area contributed by atoms with Gasteiger partial charge in [0.1, 0.15) is 0 Å². The van der Waals surface area contributed by atoms with Crippen LogP contribution in [0.1, 0.15) is 32.6 Å². The summed E-state index contributed by atoms with van der Waals surface area (Å²) >= 11 is 0. The molecule has 0 aromatic rings. The van der Waals surface area contributed by atoms with E-state index in [0.29, 0.717) is 11.5 Å². The molecule has 1 rings (SSSR count). The van der Waals surface area contributed by atoms with Gasteiger partial charge < -0.3 is 10.5 Å². The number of nitrogens with two attached hydrogens (primary N) is 1. The lowest BCUT2D eigenvalue weighted by molar-refractivity contribution is 0.0351.